The molecule has 0 heterocycles. The molecule has 2 amide bonds. The van der Waals surface area contributed by atoms with Gasteiger partial charge in [0.05, 0.1) is 0 Å². The number of ether oxygens (including phenoxy) is 1. The predicted molar refractivity (Wildman–Crippen MR) is 137 cm³/mol. The third-order valence-corrected chi connectivity index (χ3v) is 5.53. The van der Waals surface area contributed by atoms with Crippen LogP contribution in [0.4, 0.5) is 4.79 Å². The number of amides is 2. The number of hydrogen-bond donors (Lipinski definition) is 2. The number of nitrogens with one attached hydrogen (secondary N) is 1. The zero-order valence-electron chi connectivity index (χ0n) is 20.8. The fourth-order valence-corrected chi connectivity index (χ4v) is 4.01. The molecule has 0 fully saturated rings. The molecule has 0 aromatic heterocycles. The number of rotatable bonds is 9. The number of carboxylic acid groups (broad SMARTS) is 1. The summed E-state index contributed by atoms with van der Waals surface area (Å²) >= 11 is 0. The summed E-state index contributed by atoms with van der Waals surface area (Å²) < 4.78 is 5.33. The van der Waals surface area contributed by atoms with Gasteiger partial charge in [0.15, 0.2) is 0 Å². The largest absolute Gasteiger partial charge is 0.480 e. The van der Waals surface area contributed by atoms with E-state index in [0.29, 0.717) is 0 Å². The topological polar surface area (TPSA) is 95.9 Å². The van der Waals surface area contributed by atoms with Gasteiger partial charge in [-0.2, -0.15) is 0 Å². The van der Waals surface area contributed by atoms with E-state index in [-0.39, 0.29) is 18.9 Å². The molecule has 188 valence electrons. The first kappa shape index (κ1) is 26.5. The van der Waals surface area contributed by atoms with Gasteiger partial charge in [0.1, 0.15) is 17.7 Å². The molecule has 3 rings (SSSR count). The third-order valence-electron chi connectivity index (χ3n) is 5.53. The molecule has 0 radical (unpaired) electrons. The minimum atomic E-state index is -1.19. The highest BCUT2D eigenvalue weighted by molar-refractivity contribution is 5.81. The van der Waals surface area contributed by atoms with Gasteiger partial charge in [-0.05, 0) is 37.5 Å². The van der Waals surface area contributed by atoms with Crippen molar-refractivity contribution >= 4 is 18.0 Å². The van der Waals surface area contributed by atoms with E-state index in [0.717, 1.165) is 21.6 Å². The number of benzene rings is 3. The lowest BCUT2D eigenvalue weighted by atomic mass is 9.77. The first-order chi connectivity index (χ1) is 17.1. The second kappa shape index (κ2) is 11.5. The zero-order valence-corrected chi connectivity index (χ0v) is 20.8. The van der Waals surface area contributed by atoms with E-state index >= 15 is 0 Å². The van der Waals surface area contributed by atoms with E-state index < -0.39 is 29.7 Å². The van der Waals surface area contributed by atoms with Crippen molar-refractivity contribution in [1.82, 2.24) is 10.2 Å². The Morgan fingerprint density at radius 2 is 1.19 bits per heavy atom. The molecule has 0 aliphatic rings. The van der Waals surface area contributed by atoms with Crippen LogP contribution < -0.4 is 5.32 Å². The van der Waals surface area contributed by atoms with Crippen LogP contribution >= 0.6 is 0 Å². The molecule has 7 heteroatoms. The van der Waals surface area contributed by atoms with Crippen molar-refractivity contribution in [3.8, 4) is 0 Å². The molecule has 0 aliphatic heterocycles. The summed E-state index contributed by atoms with van der Waals surface area (Å²) in [6, 6.07) is 29.0. The molecule has 2 N–H and O–H groups in total. The first-order valence-electron chi connectivity index (χ1n) is 11.8. The maximum atomic E-state index is 13.4. The fourth-order valence-electron chi connectivity index (χ4n) is 4.01. The quantitative estimate of drug-likeness (QED) is 0.422. The van der Waals surface area contributed by atoms with Crippen LogP contribution in [0.1, 0.15) is 43.9 Å². The zero-order chi connectivity index (χ0) is 26.2. The number of aliphatic carboxylic acids is 1. The number of carbonyl (C=O) groups excluding carboxylic acids is 2. The van der Waals surface area contributed by atoms with Crippen LogP contribution in [-0.4, -0.2) is 46.7 Å². The standard InChI is InChI=1S/C29H32N2O5/c1-28(2,3)36-27(35)31(21-26(33)34)20-19-25(32)30-29(22-13-7-4-8-14-22,23-15-9-5-10-16-23)24-17-11-6-12-18-24/h4-18H,19-21H2,1-3H3,(H,30,32)(H,33,34). The minimum absolute atomic E-state index is 0.110. The maximum Gasteiger partial charge on any atom is 0.410 e. The Kier molecular flexibility index (Phi) is 8.48. The Hall–Kier alpha value is -4.13. The highest BCUT2D eigenvalue weighted by Gasteiger charge is 2.38. The van der Waals surface area contributed by atoms with Crippen LogP contribution in [-0.2, 0) is 19.9 Å². The lowest BCUT2D eigenvalue weighted by molar-refractivity contribution is -0.138. The summed E-state index contributed by atoms with van der Waals surface area (Å²) in [6.07, 6.45) is -0.890. The lowest BCUT2D eigenvalue weighted by Gasteiger charge is -2.37. The summed E-state index contributed by atoms with van der Waals surface area (Å²) in [4.78, 5) is 38.4. The first-order valence-corrected chi connectivity index (χ1v) is 11.8. The third kappa shape index (κ3) is 6.72. The van der Waals surface area contributed by atoms with Crippen LogP contribution in [0.3, 0.4) is 0 Å². The average molecular weight is 489 g/mol. The Labute approximate surface area is 211 Å². The summed E-state index contributed by atoms with van der Waals surface area (Å²) in [7, 11) is 0. The fraction of sp³-hybridized carbons (Fsp3) is 0.276. The summed E-state index contributed by atoms with van der Waals surface area (Å²) in [5.41, 5.74) is 0.810. The molecule has 0 aliphatic carbocycles. The molecule has 3 aromatic rings. The summed E-state index contributed by atoms with van der Waals surface area (Å²) in [6.45, 7) is 4.42. The maximum absolute atomic E-state index is 13.4. The summed E-state index contributed by atoms with van der Waals surface area (Å²) in [5.74, 6) is -1.53. The van der Waals surface area contributed by atoms with Crippen LogP contribution in [0, 0.1) is 0 Å². The second-order valence-electron chi connectivity index (χ2n) is 9.44. The van der Waals surface area contributed by atoms with Gasteiger partial charge in [-0.1, -0.05) is 91.0 Å². The normalized spacial score (nSPS) is 11.4. The number of nitrogens with zero attached hydrogens (tertiary/aromatic N) is 1. The van der Waals surface area contributed by atoms with Gasteiger partial charge in [-0.3, -0.25) is 14.5 Å². The molecule has 3 aromatic carbocycles. The van der Waals surface area contributed by atoms with Gasteiger partial charge in [0.25, 0.3) is 0 Å². The van der Waals surface area contributed by atoms with E-state index in [9.17, 15) is 19.5 Å². The average Bonchev–Trinajstić information content (AvgIpc) is 2.85. The summed E-state index contributed by atoms with van der Waals surface area (Å²) in [5, 5.41) is 12.5. The lowest BCUT2D eigenvalue weighted by Crippen LogP contribution is -2.49. The van der Waals surface area contributed by atoms with Gasteiger partial charge in [-0.25, -0.2) is 4.79 Å². The van der Waals surface area contributed by atoms with Gasteiger partial charge in [0.2, 0.25) is 5.91 Å². The van der Waals surface area contributed by atoms with Gasteiger partial charge in [-0.15, -0.1) is 0 Å². The molecule has 0 bridgehead atoms. The molecule has 0 spiro atoms. The molecule has 0 atom stereocenters. The van der Waals surface area contributed by atoms with Crippen molar-refractivity contribution in [3.05, 3.63) is 108 Å². The van der Waals surface area contributed by atoms with Crippen molar-refractivity contribution in [2.24, 2.45) is 0 Å². The minimum Gasteiger partial charge on any atom is -0.480 e. The molecule has 36 heavy (non-hydrogen) atoms. The van der Waals surface area contributed by atoms with Crippen molar-refractivity contribution in [3.63, 3.8) is 0 Å². The van der Waals surface area contributed by atoms with Gasteiger partial charge in [0, 0.05) is 13.0 Å². The van der Waals surface area contributed by atoms with Crippen LogP contribution in [0.2, 0.25) is 0 Å². The van der Waals surface area contributed by atoms with Crippen LogP contribution in [0.5, 0.6) is 0 Å². The highest BCUT2D eigenvalue weighted by Crippen LogP contribution is 2.36. The molecule has 0 unspecified atom stereocenters. The van der Waals surface area contributed by atoms with Crippen LogP contribution in [0.15, 0.2) is 91.0 Å². The van der Waals surface area contributed by atoms with Crippen LogP contribution in [0.25, 0.3) is 0 Å². The number of carboxylic acids is 1. The Balaban J connectivity index is 1.95. The smallest absolute Gasteiger partial charge is 0.410 e. The molecular formula is C29H32N2O5. The second-order valence-corrected chi connectivity index (χ2v) is 9.44. The Morgan fingerprint density at radius 3 is 1.56 bits per heavy atom. The van der Waals surface area contributed by atoms with Crippen molar-refractivity contribution in [2.75, 3.05) is 13.1 Å². The molecule has 7 nitrogen and oxygen atoms in total. The SMILES string of the molecule is CC(C)(C)OC(=O)N(CCC(=O)NC(c1ccccc1)(c1ccccc1)c1ccccc1)CC(=O)O. The Bertz CT molecular complexity index is 1060. The van der Waals surface area contributed by atoms with Gasteiger partial charge < -0.3 is 15.2 Å². The van der Waals surface area contributed by atoms with E-state index in [2.05, 4.69) is 5.32 Å². The van der Waals surface area contributed by atoms with E-state index in [1.807, 2.05) is 91.0 Å². The number of carbonyl (C=O) groups is 3. The predicted octanol–water partition coefficient (Wildman–Crippen LogP) is 4.81. The Morgan fingerprint density at radius 1 is 0.778 bits per heavy atom. The van der Waals surface area contributed by atoms with Gasteiger partial charge >= 0.3 is 12.1 Å². The highest BCUT2D eigenvalue weighted by atomic mass is 16.6. The van der Waals surface area contributed by atoms with Crippen molar-refractivity contribution < 1.29 is 24.2 Å². The monoisotopic (exact) mass is 488 g/mol. The number of hydrogen-bond acceptors (Lipinski definition) is 4. The molecule has 0 saturated carbocycles. The van der Waals surface area contributed by atoms with Crippen molar-refractivity contribution in [2.45, 2.75) is 38.3 Å². The van der Waals surface area contributed by atoms with E-state index in [4.69, 9.17) is 4.74 Å². The van der Waals surface area contributed by atoms with Crippen molar-refractivity contribution in [1.29, 1.82) is 0 Å². The molecule has 0 saturated heterocycles. The molecular weight excluding hydrogens is 456 g/mol. The van der Waals surface area contributed by atoms with E-state index in [1.54, 1.807) is 20.8 Å². The van der Waals surface area contributed by atoms with E-state index in [1.165, 1.54) is 0 Å².